The summed E-state index contributed by atoms with van der Waals surface area (Å²) >= 11 is 0. The Hall–Kier alpha value is -0.530. The Labute approximate surface area is 61.5 Å². The fraction of sp³-hybridized carbons (Fsp3) is 0.875. The molecule has 2 heteroatoms. The molecule has 0 amide bonds. The zero-order valence-corrected chi connectivity index (χ0v) is 6.52. The lowest BCUT2D eigenvalue weighted by molar-refractivity contribution is 0.462. The first kappa shape index (κ1) is 6.20. The highest BCUT2D eigenvalue weighted by Crippen LogP contribution is 2.47. The van der Waals surface area contributed by atoms with E-state index in [1.165, 1.54) is 0 Å². The Morgan fingerprint density at radius 2 is 2.20 bits per heavy atom. The van der Waals surface area contributed by atoms with Crippen LogP contribution < -0.4 is 5.32 Å². The van der Waals surface area contributed by atoms with Crippen LogP contribution in [0.1, 0.15) is 20.3 Å². The number of piperidine rings is 1. The molecule has 4 atom stereocenters. The summed E-state index contributed by atoms with van der Waals surface area (Å²) in [5.41, 5.74) is 0. The minimum atomic E-state index is 0.649. The quantitative estimate of drug-likeness (QED) is 0.519. The molecule has 2 N–H and O–H groups in total. The molecular formula is C8H14N2. The predicted octanol–water partition coefficient (Wildman–Crippen LogP) is 1.23. The molecule has 1 heterocycles. The summed E-state index contributed by atoms with van der Waals surface area (Å²) in [4.78, 5) is 0. The molecule has 0 spiro atoms. The summed E-state index contributed by atoms with van der Waals surface area (Å²) in [5, 5.41) is 10.7. The van der Waals surface area contributed by atoms with E-state index < -0.39 is 0 Å². The van der Waals surface area contributed by atoms with E-state index in [4.69, 9.17) is 5.41 Å². The topological polar surface area (TPSA) is 35.9 Å². The molecular weight excluding hydrogens is 124 g/mol. The van der Waals surface area contributed by atoms with Gasteiger partial charge in [0, 0.05) is 12.5 Å². The third-order valence-corrected chi connectivity index (χ3v) is 2.97. The summed E-state index contributed by atoms with van der Waals surface area (Å²) in [5.74, 6) is 3.18. The molecule has 1 saturated carbocycles. The second kappa shape index (κ2) is 1.74. The molecule has 2 aliphatic rings. The highest BCUT2D eigenvalue weighted by molar-refractivity contribution is 5.81. The smallest absolute Gasteiger partial charge is 0.0936 e. The molecule has 1 aliphatic heterocycles. The summed E-state index contributed by atoms with van der Waals surface area (Å²) in [6, 6.07) is 0.649. The standard InChI is InChI=1S/C8H14N2/c1-4-3-6(9)10-8-5(2)7(4)8/h4-5,7-8H,3H2,1-2H3,(H2,9,10)/t4-,5+,7-,8+/m0/s1. The molecule has 2 nitrogen and oxygen atoms in total. The minimum Gasteiger partial charge on any atom is -0.371 e. The summed E-state index contributed by atoms with van der Waals surface area (Å²) in [6.45, 7) is 4.54. The number of fused-ring (bicyclic) bond motifs is 1. The molecule has 0 radical (unpaired) electrons. The van der Waals surface area contributed by atoms with E-state index in [1.54, 1.807) is 0 Å². The Morgan fingerprint density at radius 1 is 1.50 bits per heavy atom. The van der Waals surface area contributed by atoms with E-state index in [0.717, 1.165) is 30.0 Å². The SMILES string of the molecule is C[C@H]1[C@H]2NC(=N)C[C@H](C)[C@@H]12. The van der Waals surface area contributed by atoms with Crippen LogP contribution in [0.5, 0.6) is 0 Å². The molecule has 10 heavy (non-hydrogen) atoms. The molecule has 0 bridgehead atoms. The normalized spacial score (nSPS) is 51.6. The lowest BCUT2D eigenvalue weighted by Gasteiger charge is -2.18. The van der Waals surface area contributed by atoms with Gasteiger partial charge in [-0.1, -0.05) is 13.8 Å². The maximum absolute atomic E-state index is 7.46. The molecule has 56 valence electrons. The number of hydrogen-bond acceptors (Lipinski definition) is 1. The van der Waals surface area contributed by atoms with Crippen LogP contribution in [0.2, 0.25) is 0 Å². The average Bonchev–Trinajstić information content (AvgIpc) is 2.42. The third-order valence-electron chi connectivity index (χ3n) is 2.97. The molecule has 2 rings (SSSR count). The van der Waals surface area contributed by atoms with Crippen molar-refractivity contribution in [1.29, 1.82) is 5.41 Å². The van der Waals surface area contributed by atoms with Crippen molar-refractivity contribution in [1.82, 2.24) is 5.32 Å². The largest absolute Gasteiger partial charge is 0.371 e. The Bertz CT molecular complexity index is 166. The number of amidine groups is 1. The second-order valence-electron chi connectivity index (χ2n) is 3.77. The van der Waals surface area contributed by atoms with Gasteiger partial charge >= 0.3 is 0 Å². The van der Waals surface area contributed by atoms with E-state index in [0.29, 0.717) is 6.04 Å². The molecule has 1 aliphatic carbocycles. The van der Waals surface area contributed by atoms with Gasteiger partial charge < -0.3 is 5.32 Å². The van der Waals surface area contributed by atoms with Crippen molar-refractivity contribution in [3.8, 4) is 0 Å². The molecule has 0 aromatic heterocycles. The van der Waals surface area contributed by atoms with Gasteiger partial charge in [-0.05, 0) is 17.8 Å². The van der Waals surface area contributed by atoms with Crippen molar-refractivity contribution in [2.45, 2.75) is 26.3 Å². The van der Waals surface area contributed by atoms with Crippen molar-refractivity contribution < 1.29 is 0 Å². The Morgan fingerprint density at radius 3 is 2.80 bits per heavy atom. The summed E-state index contributed by atoms with van der Waals surface area (Å²) in [6.07, 6.45) is 0.964. The van der Waals surface area contributed by atoms with E-state index >= 15 is 0 Å². The van der Waals surface area contributed by atoms with Crippen LogP contribution in [0.25, 0.3) is 0 Å². The third kappa shape index (κ3) is 0.678. The van der Waals surface area contributed by atoms with Crippen molar-refractivity contribution >= 4 is 5.84 Å². The van der Waals surface area contributed by atoms with E-state index in [-0.39, 0.29) is 0 Å². The van der Waals surface area contributed by atoms with Crippen LogP contribution in [0.4, 0.5) is 0 Å². The van der Waals surface area contributed by atoms with Crippen LogP contribution in [0, 0.1) is 23.2 Å². The number of hydrogen-bond donors (Lipinski definition) is 2. The van der Waals surface area contributed by atoms with Gasteiger partial charge in [0.05, 0.1) is 5.84 Å². The van der Waals surface area contributed by atoms with E-state index in [1.807, 2.05) is 0 Å². The van der Waals surface area contributed by atoms with Crippen molar-refractivity contribution in [2.24, 2.45) is 17.8 Å². The van der Waals surface area contributed by atoms with Crippen molar-refractivity contribution in [2.75, 3.05) is 0 Å². The predicted molar refractivity (Wildman–Crippen MR) is 41.1 cm³/mol. The highest BCUT2D eigenvalue weighted by atomic mass is 15.1. The van der Waals surface area contributed by atoms with Crippen LogP contribution in [-0.4, -0.2) is 11.9 Å². The average molecular weight is 138 g/mol. The maximum atomic E-state index is 7.46. The monoisotopic (exact) mass is 138 g/mol. The van der Waals surface area contributed by atoms with Crippen LogP contribution >= 0.6 is 0 Å². The summed E-state index contributed by atoms with van der Waals surface area (Å²) < 4.78 is 0. The van der Waals surface area contributed by atoms with Crippen molar-refractivity contribution in [3.05, 3.63) is 0 Å². The Balaban J connectivity index is 2.09. The molecule has 2 fully saturated rings. The van der Waals surface area contributed by atoms with Crippen molar-refractivity contribution in [3.63, 3.8) is 0 Å². The first-order valence-corrected chi connectivity index (χ1v) is 4.04. The molecule has 0 aromatic rings. The minimum absolute atomic E-state index is 0.649. The number of nitrogens with one attached hydrogen (secondary N) is 2. The van der Waals surface area contributed by atoms with Crippen LogP contribution in [0.15, 0.2) is 0 Å². The highest BCUT2D eigenvalue weighted by Gasteiger charge is 2.52. The zero-order chi connectivity index (χ0) is 7.30. The Kier molecular flexibility index (Phi) is 1.08. The first-order chi connectivity index (χ1) is 4.70. The zero-order valence-electron chi connectivity index (χ0n) is 6.52. The van der Waals surface area contributed by atoms with Gasteiger partial charge in [0.15, 0.2) is 0 Å². The molecule has 0 aromatic carbocycles. The lowest BCUT2D eigenvalue weighted by atomic mass is 9.98. The maximum Gasteiger partial charge on any atom is 0.0936 e. The van der Waals surface area contributed by atoms with Gasteiger partial charge in [0.25, 0.3) is 0 Å². The van der Waals surface area contributed by atoms with Gasteiger partial charge in [0.2, 0.25) is 0 Å². The van der Waals surface area contributed by atoms with E-state index in [9.17, 15) is 0 Å². The van der Waals surface area contributed by atoms with Gasteiger partial charge in [0.1, 0.15) is 0 Å². The molecule has 1 saturated heterocycles. The second-order valence-corrected chi connectivity index (χ2v) is 3.77. The fourth-order valence-corrected chi connectivity index (χ4v) is 2.31. The molecule has 0 unspecified atom stereocenters. The summed E-state index contributed by atoms with van der Waals surface area (Å²) in [7, 11) is 0. The lowest BCUT2D eigenvalue weighted by Crippen LogP contribution is -2.33. The first-order valence-electron chi connectivity index (χ1n) is 4.04. The number of rotatable bonds is 0. The van der Waals surface area contributed by atoms with Gasteiger partial charge in [-0.2, -0.15) is 0 Å². The van der Waals surface area contributed by atoms with Gasteiger partial charge in [-0.25, -0.2) is 0 Å². The van der Waals surface area contributed by atoms with Gasteiger partial charge in [-0.15, -0.1) is 0 Å². The fourth-order valence-electron chi connectivity index (χ4n) is 2.31. The van der Waals surface area contributed by atoms with Gasteiger partial charge in [-0.3, -0.25) is 5.41 Å². The van der Waals surface area contributed by atoms with Crippen LogP contribution in [-0.2, 0) is 0 Å². The van der Waals surface area contributed by atoms with E-state index in [2.05, 4.69) is 19.2 Å². The van der Waals surface area contributed by atoms with Crippen LogP contribution in [0.3, 0.4) is 0 Å².